The van der Waals surface area contributed by atoms with E-state index in [9.17, 15) is 4.79 Å². The number of carbonyl (C=O) groups is 1. The second kappa shape index (κ2) is 10.4. The Morgan fingerprint density at radius 2 is 1.54 bits per heavy atom. The van der Waals surface area contributed by atoms with Crippen LogP contribution in [-0.2, 0) is 9.53 Å². The average molecular weight is 411 g/mol. The lowest BCUT2D eigenvalue weighted by atomic mass is 9.89. The maximum atomic E-state index is 12.8. The maximum Gasteiger partial charge on any atom is 0.242 e. The molecule has 2 atom stereocenters. The predicted molar refractivity (Wildman–Crippen MR) is 109 cm³/mol. The molecule has 3 fully saturated rings. The van der Waals surface area contributed by atoms with Gasteiger partial charge in [0, 0.05) is 64.6 Å². The Balaban J connectivity index is 0.00000169. The molecule has 0 spiro atoms. The summed E-state index contributed by atoms with van der Waals surface area (Å²) in [5.41, 5.74) is 5.65. The van der Waals surface area contributed by atoms with Crippen molar-refractivity contribution in [2.75, 3.05) is 52.5 Å². The minimum Gasteiger partial charge on any atom is -0.381 e. The van der Waals surface area contributed by atoms with Crippen molar-refractivity contribution < 1.29 is 9.53 Å². The lowest BCUT2D eigenvalue weighted by Crippen LogP contribution is -2.61. The number of hydrogen-bond acceptors (Lipinski definition) is 5. The van der Waals surface area contributed by atoms with E-state index in [1.807, 2.05) is 4.90 Å². The third kappa shape index (κ3) is 5.46. The molecular formula is C18H36Cl2N4O2. The molecule has 3 aliphatic heterocycles. The fourth-order valence-corrected chi connectivity index (χ4v) is 4.39. The molecule has 3 heterocycles. The highest BCUT2D eigenvalue weighted by atomic mass is 35.5. The number of likely N-dealkylation sites (tertiary alicyclic amines) is 1. The maximum absolute atomic E-state index is 12.8. The molecule has 3 saturated heterocycles. The van der Waals surface area contributed by atoms with E-state index in [2.05, 4.69) is 23.6 Å². The van der Waals surface area contributed by atoms with E-state index >= 15 is 0 Å². The number of nitrogens with two attached hydrogens (primary N) is 1. The summed E-state index contributed by atoms with van der Waals surface area (Å²) in [6, 6.07) is 1.43. The topological polar surface area (TPSA) is 62.0 Å². The van der Waals surface area contributed by atoms with Crippen molar-refractivity contribution in [3.63, 3.8) is 0 Å². The van der Waals surface area contributed by atoms with Gasteiger partial charge in [0.1, 0.15) is 0 Å². The van der Waals surface area contributed by atoms with Gasteiger partial charge in [-0.25, -0.2) is 0 Å². The quantitative estimate of drug-likeness (QED) is 0.757. The Morgan fingerprint density at radius 1 is 1.00 bits per heavy atom. The standard InChI is InChI=1S/C18H34N4O2.2ClH/c1-15-3-4-16(2)22(15)12-9-20-7-10-21(11-8-20)17(23)18(19)5-13-24-14-6-18;;/h15-16H,3-14,19H2,1-2H3;2*1H. The van der Waals surface area contributed by atoms with Crippen LogP contribution >= 0.6 is 24.8 Å². The third-order valence-corrected chi connectivity index (χ3v) is 6.28. The van der Waals surface area contributed by atoms with E-state index in [1.165, 1.54) is 12.8 Å². The largest absolute Gasteiger partial charge is 0.381 e. The zero-order valence-electron chi connectivity index (χ0n) is 16.2. The minimum absolute atomic E-state index is 0. The van der Waals surface area contributed by atoms with E-state index in [0.717, 1.165) is 39.3 Å². The van der Waals surface area contributed by atoms with E-state index in [0.29, 0.717) is 38.1 Å². The summed E-state index contributed by atoms with van der Waals surface area (Å²) in [6.07, 6.45) is 3.95. The summed E-state index contributed by atoms with van der Waals surface area (Å²) < 4.78 is 5.35. The van der Waals surface area contributed by atoms with Gasteiger partial charge in [-0.3, -0.25) is 14.6 Å². The summed E-state index contributed by atoms with van der Waals surface area (Å²) in [7, 11) is 0. The fraction of sp³-hybridized carbons (Fsp3) is 0.944. The van der Waals surface area contributed by atoms with Crippen molar-refractivity contribution in [3.8, 4) is 0 Å². The first kappa shape index (κ1) is 23.9. The molecule has 3 rings (SSSR count). The van der Waals surface area contributed by atoms with Crippen LogP contribution in [0.4, 0.5) is 0 Å². The van der Waals surface area contributed by atoms with Gasteiger partial charge in [-0.2, -0.15) is 0 Å². The van der Waals surface area contributed by atoms with Gasteiger partial charge < -0.3 is 15.4 Å². The molecule has 0 aromatic heterocycles. The van der Waals surface area contributed by atoms with Crippen LogP contribution in [0.5, 0.6) is 0 Å². The van der Waals surface area contributed by atoms with Crippen molar-refractivity contribution in [1.82, 2.24) is 14.7 Å². The number of rotatable bonds is 4. The van der Waals surface area contributed by atoms with Gasteiger partial charge in [-0.05, 0) is 39.5 Å². The second-order valence-electron chi connectivity index (χ2n) is 7.92. The van der Waals surface area contributed by atoms with Gasteiger partial charge >= 0.3 is 0 Å². The summed E-state index contributed by atoms with van der Waals surface area (Å²) >= 11 is 0. The average Bonchev–Trinajstić information content (AvgIpc) is 2.92. The van der Waals surface area contributed by atoms with E-state index < -0.39 is 5.54 Å². The van der Waals surface area contributed by atoms with Crippen molar-refractivity contribution >= 4 is 30.7 Å². The first-order chi connectivity index (χ1) is 11.5. The third-order valence-electron chi connectivity index (χ3n) is 6.28. The van der Waals surface area contributed by atoms with Crippen molar-refractivity contribution in [2.24, 2.45) is 5.73 Å². The molecule has 0 saturated carbocycles. The monoisotopic (exact) mass is 410 g/mol. The predicted octanol–water partition coefficient (Wildman–Crippen LogP) is 1.35. The molecule has 1 amide bonds. The molecule has 2 N–H and O–H groups in total. The fourth-order valence-electron chi connectivity index (χ4n) is 4.39. The van der Waals surface area contributed by atoms with Crippen LogP contribution in [0.15, 0.2) is 0 Å². The molecule has 8 heteroatoms. The Kier molecular flexibility index (Phi) is 9.61. The van der Waals surface area contributed by atoms with Crippen molar-refractivity contribution in [1.29, 1.82) is 0 Å². The molecule has 3 aliphatic rings. The Hall–Kier alpha value is -0.110. The Bertz CT molecular complexity index is 431. The highest BCUT2D eigenvalue weighted by Crippen LogP contribution is 2.23. The lowest BCUT2D eigenvalue weighted by Gasteiger charge is -2.41. The molecule has 154 valence electrons. The first-order valence-corrected chi connectivity index (χ1v) is 9.64. The van der Waals surface area contributed by atoms with Gasteiger partial charge in [-0.15, -0.1) is 24.8 Å². The summed E-state index contributed by atoms with van der Waals surface area (Å²) in [6.45, 7) is 11.7. The molecule has 0 aliphatic carbocycles. The molecule has 0 bridgehead atoms. The Morgan fingerprint density at radius 3 is 2.08 bits per heavy atom. The SMILES string of the molecule is CC1CCC(C)N1CCN1CCN(C(=O)C2(N)CCOCC2)CC1.Cl.Cl. The van der Waals surface area contributed by atoms with Crippen LogP contribution in [-0.4, -0.2) is 90.7 Å². The molecule has 0 aromatic carbocycles. The number of amides is 1. The number of ether oxygens (including phenoxy) is 1. The lowest BCUT2D eigenvalue weighted by molar-refractivity contribution is -0.142. The van der Waals surface area contributed by atoms with E-state index in [4.69, 9.17) is 10.5 Å². The van der Waals surface area contributed by atoms with Crippen LogP contribution in [0.3, 0.4) is 0 Å². The number of piperazine rings is 1. The molecular weight excluding hydrogens is 375 g/mol. The van der Waals surface area contributed by atoms with Crippen LogP contribution in [0.2, 0.25) is 0 Å². The highest BCUT2D eigenvalue weighted by Gasteiger charge is 2.39. The number of halogens is 2. The number of carbonyl (C=O) groups excluding carboxylic acids is 1. The summed E-state index contributed by atoms with van der Waals surface area (Å²) in [5.74, 6) is 0.132. The first-order valence-electron chi connectivity index (χ1n) is 9.64. The van der Waals surface area contributed by atoms with Crippen molar-refractivity contribution in [3.05, 3.63) is 0 Å². The van der Waals surface area contributed by atoms with Gasteiger partial charge in [-0.1, -0.05) is 0 Å². The van der Waals surface area contributed by atoms with E-state index in [1.54, 1.807) is 0 Å². The molecule has 0 radical (unpaired) electrons. The van der Waals surface area contributed by atoms with Gasteiger partial charge in [0.15, 0.2) is 0 Å². The number of nitrogens with zero attached hydrogens (tertiary/aromatic N) is 3. The minimum atomic E-state index is -0.694. The molecule has 2 unspecified atom stereocenters. The van der Waals surface area contributed by atoms with Crippen LogP contribution in [0.1, 0.15) is 39.5 Å². The molecule has 0 aromatic rings. The Labute approximate surface area is 170 Å². The normalized spacial score (nSPS) is 29.7. The second-order valence-corrected chi connectivity index (χ2v) is 7.92. The van der Waals surface area contributed by atoms with E-state index in [-0.39, 0.29) is 30.7 Å². The van der Waals surface area contributed by atoms with Crippen LogP contribution in [0, 0.1) is 0 Å². The molecule has 26 heavy (non-hydrogen) atoms. The van der Waals surface area contributed by atoms with Gasteiger partial charge in [0.25, 0.3) is 0 Å². The molecule has 6 nitrogen and oxygen atoms in total. The summed E-state index contributed by atoms with van der Waals surface area (Å²) in [5, 5.41) is 0. The zero-order chi connectivity index (χ0) is 17.2. The smallest absolute Gasteiger partial charge is 0.242 e. The summed E-state index contributed by atoms with van der Waals surface area (Å²) in [4.78, 5) is 19.9. The van der Waals surface area contributed by atoms with Crippen molar-refractivity contribution in [2.45, 2.75) is 57.2 Å². The van der Waals surface area contributed by atoms with Gasteiger partial charge in [0.05, 0.1) is 5.54 Å². The van der Waals surface area contributed by atoms with Crippen LogP contribution in [0.25, 0.3) is 0 Å². The van der Waals surface area contributed by atoms with Gasteiger partial charge in [0.2, 0.25) is 5.91 Å². The highest BCUT2D eigenvalue weighted by molar-refractivity contribution is 5.86. The number of hydrogen-bond donors (Lipinski definition) is 1. The van der Waals surface area contributed by atoms with Crippen LogP contribution < -0.4 is 5.73 Å². The zero-order valence-corrected chi connectivity index (χ0v) is 17.8.